The highest BCUT2D eigenvalue weighted by molar-refractivity contribution is 5.76. The predicted molar refractivity (Wildman–Crippen MR) is 108 cm³/mol. The van der Waals surface area contributed by atoms with Crippen LogP contribution in [0.15, 0.2) is 63.0 Å². The summed E-state index contributed by atoms with van der Waals surface area (Å²) in [5.74, 6) is 0.0124. The van der Waals surface area contributed by atoms with E-state index in [0.29, 0.717) is 48.6 Å². The van der Waals surface area contributed by atoms with Crippen LogP contribution in [0.1, 0.15) is 16.8 Å². The number of nitrogens with zero attached hydrogens (tertiary/aromatic N) is 3. The summed E-state index contributed by atoms with van der Waals surface area (Å²) in [6.07, 6.45) is 5.31. The molecule has 0 bridgehead atoms. The topological polar surface area (TPSA) is 92.1 Å². The molecule has 3 aromatic heterocycles. The van der Waals surface area contributed by atoms with Gasteiger partial charge < -0.3 is 9.40 Å². The Hall–Kier alpha value is -3.65. The Kier molecular flexibility index (Phi) is 4.48. The van der Waals surface area contributed by atoms with Crippen LogP contribution < -0.4 is 11.0 Å². The van der Waals surface area contributed by atoms with Gasteiger partial charge in [-0.1, -0.05) is 0 Å². The van der Waals surface area contributed by atoms with E-state index in [1.54, 1.807) is 18.5 Å². The van der Waals surface area contributed by atoms with E-state index in [1.165, 1.54) is 24.5 Å². The molecule has 7 nitrogen and oxygen atoms in total. The zero-order valence-electron chi connectivity index (χ0n) is 15.9. The second kappa shape index (κ2) is 7.31. The van der Waals surface area contributed by atoms with E-state index in [0.717, 1.165) is 11.3 Å². The molecule has 0 radical (unpaired) electrons. The number of rotatable bonds is 3. The van der Waals surface area contributed by atoms with Gasteiger partial charge in [-0.25, -0.2) is 9.37 Å². The summed E-state index contributed by atoms with van der Waals surface area (Å²) in [5.41, 5.74) is 2.40. The van der Waals surface area contributed by atoms with Gasteiger partial charge in [-0.15, -0.1) is 0 Å². The van der Waals surface area contributed by atoms with Gasteiger partial charge in [-0.2, -0.15) is 0 Å². The lowest BCUT2D eigenvalue weighted by atomic mass is 10.1. The fourth-order valence-electron chi connectivity index (χ4n) is 3.75. The van der Waals surface area contributed by atoms with Crippen molar-refractivity contribution < 1.29 is 8.81 Å². The Morgan fingerprint density at radius 2 is 2.13 bits per heavy atom. The van der Waals surface area contributed by atoms with Crippen LogP contribution in [0.3, 0.4) is 0 Å². The summed E-state index contributed by atoms with van der Waals surface area (Å²) in [6, 6.07) is 7.51. The van der Waals surface area contributed by atoms with Crippen LogP contribution >= 0.6 is 0 Å². The summed E-state index contributed by atoms with van der Waals surface area (Å²) in [4.78, 5) is 38.9. The van der Waals surface area contributed by atoms with Crippen LogP contribution in [-0.2, 0) is 19.5 Å². The average molecular weight is 404 g/mol. The first-order valence-electron chi connectivity index (χ1n) is 9.53. The summed E-state index contributed by atoms with van der Waals surface area (Å²) in [5, 5.41) is 0.213. The van der Waals surface area contributed by atoms with Gasteiger partial charge in [0.05, 0.1) is 22.9 Å². The number of aromatic amines is 1. The van der Waals surface area contributed by atoms with Crippen molar-refractivity contribution in [2.45, 2.75) is 19.5 Å². The second-order valence-corrected chi connectivity index (χ2v) is 7.27. The van der Waals surface area contributed by atoms with Crippen LogP contribution in [0.5, 0.6) is 0 Å². The summed E-state index contributed by atoms with van der Waals surface area (Å²) >= 11 is 0. The zero-order valence-corrected chi connectivity index (χ0v) is 15.9. The molecule has 0 fully saturated rings. The molecular formula is C22H17FN4O3. The molecule has 0 saturated carbocycles. The van der Waals surface area contributed by atoms with Gasteiger partial charge in [-0.05, 0) is 30.3 Å². The van der Waals surface area contributed by atoms with E-state index in [9.17, 15) is 14.0 Å². The van der Waals surface area contributed by atoms with Crippen molar-refractivity contribution in [1.82, 2.24) is 19.9 Å². The molecule has 30 heavy (non-hydrogen) atoms. The SMILES string of the molecule is O=c1[nH]c(-c2cccnc2)nc2c1CN(Cc1coc3ccc(F)cc3c1=O)CC2. The van der Waals surface area contributed by atoms with Crippen molar-refractivity contribution in [2.75, 3.05) is 6.54 Å². The van der Waals surface area contributed by atoms with E-state index < -0.39 is 5.82 Å². The van der Waals surface area contributed by atoms with Crippen molar-refractivity contribution in [3.63, 3.8) is 0 Å². The quantitative estimate of drug-likeness (QED) is 0.564. The number of hydrogen-bond acceptors (Lipinski definition) is 6. The molecule has 150 valence electrons. The molecule has 5 rings (SSSR count). The van der Waals surface area contributed by atoms with Crippen LogP contribution in [0.25, 0.3) is 22.4 Å². The molecule has 0 aliphatic carbocycles. The highest BCUT2D eigenvalue weighted by Crippen LogP contribution is 2.20. The number of hydrogen-bond donors (Lipinski definition) is 1. The monoisotopic (exact) mass is 404 g/mol. The van der Waals surface area contributed by atoms with Gasteiger partial charge in [0.1, 0.15) is 17.2 Å². The molecule has 0 unspecified atom stereocenters. The van der Waals surface area contributed by atoms with Gasteiger partial charge in [0.15, 0.2) is 5.43 Å². The third-order valence-electron chi connectivity index (χ3n) is 5.28. The molecular weight excluding hydrogens is 387 g/mol. The minimum atomic E-state index is -0.485. The van der Waals surface area contributed by atoms with Crippen molar-refractivity contribution in [3.8, 4) is 11.4 Å². The first-order valence-corrected chi connectivity index (χ1v) is 9.53. The minimum Gasteiger partial charge on any atom is -0.464 e. The van der Waals surface area contributed by atoms with E-state index in [-0.39, 0.29) is 16.4 Å². The van der Waals surface area contributed by atoms with E-state index in [4.69, 9.17) is 4.42 Å². The fraction of sp³-hybridized carbons (Fsp3) is 0.182. The highest BCUT2D eigenvalue weighted by Gasteiger charge is 2.23. The summed E-state index contributed by atoms with van der Waals surface area (Å²) < 4.78 is 19.0. The van der Waals surface area contributed by atoms with Gasteiger partial charge in [-0.3, -0.25) is 19.5 Å². The molecule has 1 N–H and O–H groups in total. The Morgan fingerprint density at radius 1 is 1.23 bits per heavy atom. The molecule has 0 amide bonds. The Labute approximate surface area is 169 Å². The minimum absolute atomic E-state index is 0.198. The number of H-pyrrole nitrogens is 1. The number of benzene rings is 1. The van der Waals surface area contributed by atoms with E-state index in [2.05, 4.69) is 15.0 Å². The molecule has 0 atom stereocenters. The Balaban J connectivity index is 1.43. The summed E-state index contributed by atoms with van der Waals surface area (Å²) in [6.45, 7) is 1.31. The Bertz CT molecular complexity index is 1360. The Morgan fingerprint density at radius 3 is 2.97 bits per heavy atom. The maximum absolute atomic E-state index is 13.5. The van der Waals surface area contributed by atoms with E-state index >= 15 is 0 Å². The molecule has 1 aromatic carbocycles. The fourth-order valence-corrected chi connectivity index (χ4v) is 3.75. The summed E-state index contributed by atoms with van der Waals surface area (Å²) in [7, 11) is 0. The molecule has 8 heteroatoms. The largest absolute Gasteiger partial charge is 0.464 e. The van der Waals surface area contributed by atoms with Gasteiger partial charge >= 0.3 is 0 Å². The van der Waals surface area contributed by atoms with E-state index in [1.807, 2.05) is 11.0 Å². The lowest BCUT2D eigenvalue weighted by molar-refractivity contribution is 0.239. The van der Waals surface area contributed by atoms with Crippen molar-refractivity contribution >= 4 is 11.0 Å². The molecule has 4 aromatic rings. The third-order valence-corrected chi connectivity index (χ3v) is 5.28. The lowest BCUT2D eigenvalue weighted by Gasteiger charge is -2.27. The smallest absolute Gasteiger partial charge is 0.255 e. The van der Waals surface area contributed by atoms with Gasteiger partial charge in [0, 0.05) is 49.6 Å². The van der Waals surface area contributed by atoms with Crippen LogP contribution in [-0.4, -0.2) is 26.4 Å². The maximum atomic E-state index is 13.5. The van der Waals surface area contributed by atoms with Gasteiger partial charge in [0.25, 0.3) is 5.56 Å². The molecule has 0 spiro atoms. The molecule has 1 aliphatic rings. The highest BCUT2D eigenvalue weighted by atomic mass is 19.1. The lowest BCUT2D eigenvalue weighted by Crippen LogP contribution is -2.36. The third kappa shape index (κ3) is 3.31. The average Bonchev–Trinajstić information content (AvgIpc) is 2.77. The zero-order chi connectivity index (χ0) is 20.7. The molecule has 4 heterocycles. The molecule has 0 saturated heterocycles. The first-order chi connectivity index (χ1) is 14.6. The standard InChI is InChI=1S/C22H17FN4O3/c23-15-3-4-19-16(8-15)20(28)14(12-30-19)10-27-7-5-18-17(11-27)22(29)26-21(25-18)13-2-1-6-24-9-13/h1-4,6,8-9,12H,5,7,10-11H2,(H,25,26,29). The number of fused-ring (bicyclic) bond motifs is 2. The second-order valence-electron chi connectivity index (χ2n) is 7.27. The normalized spacial score (nSPS) is 14.0. The van der Waals surface area contributed by atoms with Crippen LogP contribution in [0, 0.1) is 5.82 Å². The molecule has 1 aliphatic heterocycles. The van der Waals surface area contributed by atoms with Crippen LogP contribution in [0.2, 0.25) is 0 Å². The van der Waals surface area contributed by atoms with Gasteiger partial charge in [0.2, 0.25) is 0 Å². The number of halogens is 1. The number of nitrogens with one attached hydrogen (secondary N) is 1. The van der Waals surface area contributed by atoms with Crippen LogP contribution in [0.4, 0.5) is 4.39 Å². The number of aromatic nitrogens is 3. The van der Waals surface area contributed by atoms with Crippen molar-refractivity contribution in [3.05, 3.63) is 92.2 Å². The first kappa shape index (κ1) is 18.4. The maximum Gasteiger partial charge on any atom is 0.255 e. The number of pyridine rings is 1. The van der Waals surface area contributed by atoms with Crippen molar-refractivity contribution in [2.24, 2.45) is 0 Å². The van der Waals surface area contributed by atoms with Crippen molar-refractivity contribution in [1.29, 1.82) is 0 Å². The predicted octanol–water partition coefficient (Wildman–Crippen LogP) is 2.64.